The van der Waals surface area contributed by atoms with E-state index in [0.717, 1.165) is 22.0 Å². The summed E-state index contributed by atoms with van der Waals surface area (Å²) in [6, 6.07) is 6.58. The Kier molecular flexibility index (Phi) is 5.29. The highest BCUT2D eigenvalue weighted by Crippen LogP contribution is 2.32. The molecule has 1 heterocycles. The average molecular weight is 406 g/mol. The van der Waals surface area contributed by atoms with Crippen molar-refractivity contribution in [3.8, 4) is 0 Å². The zero-order chi connectivity index (χ0) is 14.9. The first-order chi connectivity index (χ1) is 9.32. The van der Waals surface area contributed by atoms with Crippen LogP contribution in [0.5, 0.6) is 0 Å². The Balaban J connectivity index is 2.25. The minimum atomic E-state index is -0.127. The van der Waals surface area contributed by atoms with Crippen molar-refractivity contribution in [1.29, 1.82) is 0 Å². The second-order valence-corrected chi connectivity index (χ2v) is 7.75. The van der Waals surface area contributed by atoms with Gasteiger partial charge in [-0.05, 0) is 70.3 Å². The third kappa shape index (κ3) is 3.83. The fourth-order valence-corrected chi connectivity index (χ4v) is 3.60. The molecule has 2 N–H and O–H groups in total. The first kappa shape index (κ1) is 16.4. The van der Waals surface area contributed by atoms with Crippen LogP contribution in [0.15, 0.2) is 27.1 Å². The monoisotopic (exact) mass is 404 g/mol. The standard InChI is InChI=1S/C15H22Br2N2O/c1-10-8-19(9-15(2,3)20-10)14(7-18)11-4-5-12(16)13(17)6-11/h4-6,10,14H,7-9,18H2,1-3H3. The van der Waals surface area contributed by atoms with Gasteiger partial charge in [-0.1, -0.05) is 6.07 Å². The SMILES string of the molecule is CC1CN(C(CN)c2ccc(Br)c(Br)c2)CC(C)(C)O1. The number of nitrogens with zero attached hydrogens (tertiary/aromatic N) is 1. The van der Waals surface area contributed by atoms with Crippen LogP contribution in [-0.2, 0) is 4.74 Å². The maximum atomic E-state index is 6.05. The molecule has 0 bridgehead atoms. The lowest BCUT2D eigenvalue weighted by molar-refractivity contribution is -0.137. The number of nitrogens with two attached hydrogens (primary N) is 1. The topological polar surface area (TPSA) is 38.5 Å². The quantitative estimate of drug-likeness (QED) is 0.832. The third-order valence-corrected chi connectivity index (χ3v) is 5.47. The molecule has 2 rings (SSSR count). The summed E-state index contributed by atoms with van der Waals surface area (Å²) in [7, 11) is 0. The van der Waals surface area contributed by atoms with E-state index in [1.54, 1.807) is 0 Å². The Morgan fingerprint density at radius 1 is 1.40 bits per heavy atom. The fourth-order valence-electron chi connectivity index (χ4n) is 2.96. The van der Waals surface area contributed by atoms with Gasteiger partial charge in [-0.2, -0.15) is 0 Å². The Bertz CT molecular complexity index is 479. The highest BCUT2D eigenvalue weighted by molar-refractivity contribution is 9.13. The fraction of sp³-hybridized carbons (Fsp3) is 0.600. The molecule has 0 saturated carbocycles. The van der Waals surface area contributed by atoms with Crippen LogP contribution in [0.2, 0.25) is 0 Å². The molecular weight excluding hydrogens is 384 g/mol. The highest BCUT2D eigenvalue weighted by Gasteiger charge is 2.34. The first-order valence-electron chi connectivity index (χ1n) is 6.89. The number of morpholine rings is 1. The van der Waals surface area contributed by atoms with Gasteiger partial charge in [-0.15, -0.1) is 0 Å². The van der Waals surface area contributed by atoms with Crippen molar-refractivity contribution >= 4 is 31.9 Å². The molecule has 0 aromatic heterocycles. The van der Waals surface area contributed by atoms with Gasteiger partial charge in [0.15, 0.2) is 0 Å². The number of hydrogen-bond acceptors (Lipinski definition) is 3. The largest absolute Gasteiger partial charge is 0.370 e. The summed E-state index contributed by atoms with van der Waals surface area (Å²) in [5.41, 5.74) is 7.16. The molecule has 1 aromatic carbocycles. The Morgan fingerprint density at radius 3 is 2.65 bits per heavy atom. The lowest BCUT2D eigenvalue weighted by atomic mass is 9.99. The van der Waals surface area contributed by atoms with Crippen LogP contribution >= 0.6 is 31.9 Å². The Labute approximate surface area is 138 Å². The van der Waals surface area contributed by atoms with Crippen molar-refractivity contribution < 1.29 is 4.74 Å². The lowest BCUT2D eigenvalue weighted by Gasteiger charge is -2.45. The molecule has 20 heavy (non-hydrogen) atoms. The van der Waals surface area contributed by atoms with Crippen LogP contribution in [-0.4, -0.2) is 36.2 Å². The van der Waals surface area contributed by atoms with Gasteiger partial charge in [0.25, 0.3) is 0 Å². The van der Waals surface area contributed by atoms with Crippen LogP contribution in [0.3, 0.4) is 0 Å². The normalized spacial score (nSPS) is 24.6. The van der Waals surface area contributed by atoms with Crippen molar-refractivity contribution in [2.75, 3.05) is 19.6 Å². The molecule has 3 nitrogen and oxygen atoms in total. The number of halogens is 2. The molecule has 112 valence electrons. The van der Waals surface area contributed by atoms with Gasteiger partial charge in [0.2, 0.25) is 0 Å². The van der Waals surface area contributed by atoms with Gasteiger partial charge in [0.05, 0.1) is 11.7 Å². The van der Waals surface area contributed by atoms with Gasteiger partial charge in [0.1, 0.15) is 0 Å². The first-order valence-corrected chi connectivity index (χ1v) is 8.48. The van der Waals surface area contributed by atoms with E-state index in [1.807, 2.05) is 0 Å². The molecule has 1 fully saturated rings. The van der Waals surface area contributed by atoms with E-state index in [9.17, 15) is 0 Å². The molecule has 0 amide bonds. The number of rotatable bonds is 3. The molecular formula is C15H22Br2N2O. The number of benzene rings is 1. The molecule has 2 atom stereocenters. The second kappa shape index (κ2) is 6.44. The van der Waals surface area contributed by atoms with Crippen molar-refractivity contribution in [2.45, 2.75) is 38.5 Å². The maximum absolute atomic E-state index is 6.05. The minimum absolute atomic E-state index is 0.127. The van der Waals surface area contributed by atoms with Crippen LogP contribution < -0.4 is 5.73 Å². The van der Waals surface area contributed by atoms with E-state index < -0.39 is 0 Å². The van der Waals surface area contributed by atoms with Gasteiger partial charge < -0.3 is 10.5 Å². The summed E-state index contributed by atoms with van der Waals surface area (Å²) in [5, 5.41) is 0. The van der Waals surface area contributed by atoms with Crippen LogP contribution in [0.4, 0.5) is 0 Å². The zero-order valence-corrected chi connectivity index (χ0v) is 15.4. The van der Waals surface area contributed by atoms with Crippen molar-refractivity contribution in [3.63, 3.8) is 0 Å². The molecule has 0 spiro atoms. The van der Waals surface area contributed by atoms with Crippen LogP contribution in [0.25, 0.3) is 0 Å². The van der Waals surface area contributed by atoms with E-state index in [0.29, 0.717) is 6.54 Å². The third-order valence-electron chi connectivity index (χ3n) is 3.59. The smallest absolute Gasteiger partial charge is 0.0757 e. The Hall–Kier alpha value is 0.0600. The maximum Gasteiger partial charge on any atom is 0.0757 e. The van der Waals surface area contributed by atoms with Gasteiger partial charge in [-0.25, -0.2) is 0 Å². The van der Waals surface area contributed by atoms with E-state index in [1.165, 1.54) is 5.56 Å². The zero-order valence-electron chi connectivity index (χ0n) is 12.2. The van der Waals surface area contributed by atoms with Gasteiger partial charge >= 0.3 is 0 Å². The summed E-state index contributed by atoms with van der Waals surface area (Å²) in [6.07, 6.45) is 0.228. The predicted molar refractivity (Wildman–Crippen MR) is 89.8 cm³/mol. The van der Waals surface area contributed by atoms with Crippen LogP contribution in [0.1, 0.15) is 32.4 Å². The van der Waals surface area contributed by atoms with Crippen molar-refractivity contribution in [2.24, 2.45) is 5.73 Å². The highest BCUT2D eigenvalue weighted by atomic mass is 79.9. The predicted octanol–water partition coefficient (Wildman–Crippen LogP) is 3.71. The molecule has 1 aliphatic rings. The van der Waals surface area contributed by atoms with Crippen LogP contribution in [0, 0.1) is 0 Å². The summed E-state index contributed by atoms with van der Waals surface area (Å²) >= 11 is 7.08. The summed E-state index contributed by atoms with van der Waals surface area (Å²) in [4.78, 5) is 2.43. The molecule has 5 heteroatoms. The van der Waals surface area contributed by atoms with Gasteiger partial charge in [-0.3, -0.25) is 4.90 Å². The second-order valence-electron chi connectivity index (χ2n) is 6.04. The summed E-state index contributed by atoms with van der Waals surface area (Å²) < 4.78 is 8.10. The molecule has 0 radical (unpaired) electrons. The molecule has 1 aromatic rings. The lowest BCUT2D eigenvalue weighted by Crippen LogP contribution is -2.53. The summed E-state index contributed by atoms with van der Waals surface area (Å²) in [5.74, 6) is 0. The van der Waals surface area contributed by atoms with Gasteiger partial charge in [0, 0.05) is 34.6 Å². The molecule has 2 unspecified atom stereocenters. The van der Waals surface area contributed by atoms with Crippen molar-refractivity contribution in [1.82, 2.24) is 4.90 Å². The number of hydrogen-bond donors (Lipinski definition) is 1. The Morgan fingerprint density at radius 2 is 2.10 bits per heavy atom. The number of ether oxygens (including phenoxy) is 1. The van der Waals surface area contributed by atoms with E-state index >= 15 is 0 Å². The van der Waals surface area contributed by atoms with E-state index in [4.69, 9.17) is 10.5 Å². The summed E-state index contributed by atoms with van der Waals surface area (Å²) in [6.45, 7) is 8.82. The average Bonchev–Trinajstić information content (AvgIpc) is 2.32. The minimum Gasteiger partial charge on any atom is -0.370 e. The molecule has 1 aliphatic heterocycles. The molecule has 0 aliphatic carbocycles. The van der Waals surface area contributed by atoms with E-state index in [-0.39, 0.29) is 17.7 Å². The molecule has 1 saturated heterocycles. The van der Waals surface area contributed by atoms with E-state index in [2.05, 4.69) is 75.7 Å². The van der Waals surface area contributed by atoms with Crippen molar-refractivity contribution in [3.05, 3.63) is 32.7 Å².